The van der Waals surface area contributed by atoms with Crippen molar-refractivity contribution in [3.63, 3.8) is 0 Å². The first-order valence-corrected chi connectivity index (χ1v) is 8.27. The molecule has 0 saturated heterocycles. The Bertz CT molecular complexity index is 1100. The van der Waals surface area contributed by atoms with Gasteiger partial charge in [-0.15, -0.1) is 0 Å². The Kier molecular flexibility index (Phi) is 3.93. The molecule has 0 unspecified atom stereocenters. The molecule has 1 amide bonds. The van der Waals surface area contributed by atoms with Gasteiger partial charge in [0.25, 0.3) is 5.91 Å². The van der Waals surface area contributed by atoms with Crippen LogP contribution in [0.15, 0.2) is 61.1 Å². The fraction of sp³-hybridized carbons (Fsp3) is 0.100. The maximum absolute atomic E-state index is 12.4. The number of nitrogens with zero attached hydrogens (tertiary/aromatic N) is 4. The van der Waals surface area contributed by atoms with Crippen LogP contribution in [-0.2, 0) is 0 Å². The summed E-state index contributed by atoms with van der Waals surface area (Å²) in [5, 5.41) is 7.28. The zero-order valence-corrected chi connectivity index (χ0v) is 14.5. The fourth-order valence-corrected chi connectivity index (χ4v) is 2.97. The van der Waals surface area contributed by atoms with Gasteiger partial charge in [-0.1, -0.05) is 24.3 Å². The van der Waals surface area contributed by atoms with E-state index in [-0.39, 0.29) is 5.91 Å². The van der Waals surface area contributed by atoms with Crippen molar-refractivity contribution >= 4 is 17.2 Å². The highest BCUT2D eigenvalue weighted by Crippen LogP contribution is 2.26. The van der Waals surface area contributed by atoms with Crippen LogP contribution in [0, 0.1) is 13.8 Å². The molecule has 6 nitrogen and oxygen atoms in total. The van der Waals surface area contributed by atoms with Crippen LogP contribution in [0.4, 0.5) is 5.82 Å². The number of pyridine rings is 1. The number of nitrogens with one attached hydrogen (secondary N) is 1. The minimum absolute atomic E-state index is 0.197. The summed E-state index contributed by atoms with van der Waals surface area (Å²) in [5.41, 5.74) is 5.04. The van der Waals surface area contributed by atoms with Gasteiger partial charge in [0, 0.05) is 11.8 Å². The number of carbonyl (C=O) groups excluding carboxylic acids is 1. The second-order valence-electron chi connectivity index (χ2n) is 6.05. The smallest absolute Gasteiger partial charge is 0.257 e. The Morgan fingerprint density at radius 2 is 1.81 bits per heavy atom. The van der Waals surface area contributed by atoms with Gasteiger partial charge in [-0.2, -0.15) is 5.10 Å². The molecule has 0 aliphatic carbocycles. The quantitative estimate of drug-likeness (QED) is 0.616. The summed E-state index contributed by atoms with van der Waals surface area (Å²) in [6, 6.07) is 13.3. The monoisotopic (exact) mass is 343 g/mol. The van der Waals surface area contributed by atoms with Crippen LogP contribution in [0.3, 0.4) is 0 Å². The van der Waals surface area contributed by atoms with Crippen LogP contribution < -0.4 is 5.32 Å². The molecule has 4 aromatic rings. The van der Waals surface area contributed by atoms with Crippen molar-refractivity contribution < 1.29 is 4.79 Å². The number of benzene rings is 1. The number of anilines is 1. The first-order chi connectivity index (χ1) is 12.6. The van der Waals surface area contributed by atoms with Crippen LogP contribution in [0.2, 0.25) is 0 Å². The zero-order chi connectivity index (χ0) is 18.1. The molecule has 128 valence electrons. The van der Waals surface area contributed by atoms with Crippen LogP contribution in [0.5, 0.6) is 0 Å². The maximum Gasteiger partial charge on any atom is 0.257 e. The van der Waals surface area contributed by atoms with Gasteiger partial charge in [0.1, 0.15) is 0 Å². The highest BCUT2D eigenvalue weighted by atomic mass is 16.1. The molecule has 1 N–H and O–H groups in total. The van der Waals surface area contributed by atoms with Crippen LogP contribution in [-0.4, -0.2) is 25.5 Å². The number of aryl methyl sites for hydroxylation is 2. The highest BCUT2D eigenvalue weighted by molar-refractivity contribution is 6.04. The number of amides is 1. The first-order valence-electron chi connectivity index (χ1n) is 8.27. The lowest BCUT2D eigenvalue weighted by molar-refractivity contribution is 0.102. The topological polar surface area (TPSA) is 72.2 Å². The summed E-state index contributed by atoms with van der Waals surface area (Å²) >= 11 is 0. The van der Waals surface area contributed by atoms with Crippen molar-refractivity contribution in [3.8, 4) is 11.3 Å². The van der Waals surface area contributed by atoms with Gasteiger partial charge >= 0.3 is 0 Å². The van der Waals surface area contributed by atoms with Crippen molar-refractivity contribution in [3.05, 3.63) is 77.9 Å². The molecule has 1 aromatic carbocycles. The summed E-state index contributed by atoms with van der Waals surface area (Å²) < 4.78 is 1.82. The Balaban J connectivity index is 1.62. The van der Waals surface area contributed by atoms with Gasteiger partial charge in [0.2, 0.25) is 0 Å². The summed E-state index contributed by atoms with van der Waals surface area (Å²) in [4.78, 5) is 21.2. The molecule has 0 spiro atoms. The van der Waals surface area contributed by atoms with E-state index in [4.69, 9.17) is 0 Å². The standard InChI is InChI=1S/C20H17N5O/c1-13-7-3-4-8-15(13)20(26)23-18-12-21-16(11-22-18)19-14(2)24-25-10-6-5-9-17(19)25/h3-12H,1-2H3,(H,22,23,26). The minimum Gasteiger partial charge on any atom is -0.305 e. The van der Waals surface area contributed by atoms with Crippen LogP contribution in [0.25, 0.3) is 16.8 Å². The molecule has 3 aromatic heterocycles. The molecule has 0 aliphatic rings. The number of fused-ring (bicyclic) bond motifs is 1. The SMILES string of the molecule is Cc1ccccc1C(=O)Nc1cnc(-c2c(C)nn3ccccc23)cn1. The molecular weight excluding hydrogens is 326 g/mol. The third kappa shape index (κ3) is 2.82. The van der Waals surface area contributed by atoms with Gasteiger partial charge in [0.15, 0.2) is 5.82 Å². The van der Waals surface area contributed by atoms with E-state index in [9.17, 15) is 4.79 Å². The molecule has 0 atom stereocenters. The molecule has 6 heteroatoms. The molecule has 0 aliphatic heterocycles. The van der Waals surface area contributed by atoms with E-state index in [1.807, 2.05) is 61.0 Å². The van der Waals surface area contributed by atoms with Crippen molar-refractivity contribution in [2.75, 3.05) is 5.32 Å². The largest absolute Gasteiger partial charge is 0.305 e. The summed E-state index contributed by atoms with van der Waals surface area (Å²) in [5.74, 6) is 0.216. The van der Waals surface area contributed by atoms with Gasteiger partial charge < -0.3 is 5.32 Å². The molecule has 4 rings (SSSR count). The predicted octanol–water partition coefficient (Wildman–Crippen LogP) is 3.66. The van der Waals surface area contributed by atoms with Gasteiger partial charge in [-0.25, -0.2) is 9.50 Å². The van der Waals surface area contributed by atoms with E-state index in [0.717, 1.165) is 28.0 Å². The summed E-state index contributed by atoms with van der Waals surface area (Å²) in [6.07, 6.45) is 5.12. The van der Waals surface area contributed by atoms with Crippen molar-refractivity contribution in [1.29, 1.82) is 0 Å². The maximum atomic E-state index is 12.4. The second-order valence-corrected chi connectivity index (χ2v) is 6.05. The Morgan fingerprint density at radius 3 is 2.58 bits per heavy atom. The van der Waals surface area contributed by atoms with E-state index < -0.39 is 0 Å². The number of rotatable bonds is 3. The normalized spacial score (nSPS) is 10.8. The molecule has 0 bridgehead atoms. The molecule has 0 radical (unpaired) electrons. The van der Waals surface area contributed by atoms with E-state index >= 15 is 0 Å². The molecule has 0 saturated carbocycles. The van der Waals surface area contributed by atoms with Crippen molar-refractivity contribution in [2.24, 2.45) is 0 Å². The Labute approximate surface area is 150 Å². The Morgan fingerprint density at radius 1 is 1.00 bits per heavy atom. The Hall–Kier alpha value is -3.54. The van der Waals surface area contributed by atoms with Gasteiger partial charge in [-0.3, -0.25) is 9.78 Å². The number of carbonyl (C=O) groups is 1. The van der Waals surface area contributed by atoms with E-state index in [2.05, 4.69) is 20.4 Å². The average molecular weight is 343 g/mol. The predicted molar refractivity (Wildman–Crippen MR) is 100 cm³/mol. The summed E-state index contributed by atoms with van der Waals surface area (Å²) in [7, 11) is 0. The number of hydrogen-bond donors (Lipinski definition) is 1. The summed E-state index contributed by atoms with van der Waals surface area (Å²) in [6.45, 7) is 3.84. The molecule has 0 fully saturated rings. The first kappa shape index (κ1) is 16.0. The lowest BCUT2D eigenvalue weighted by Crippen LogP contribution is -2.14. The zero-order valence-electron chi connectivity index (χ0n) is 14.5. The van der Waals surface area contributed by atoms with Gasteiger partial charge in [0.05, 0.1) is 34.9 Å². The van der Waals surface area contributed by atoms with Crippen LogP contribution in [0.1, 0.15) is 21.6 Å². The van der Waals surface area contributed by atoms with Gasteiger partial charge in [-0.05, 0) is 37.6 Å². The van der Waals surface area contributed by atoms with Crippen molar-refractivity contribution in [2.45, 2.75) is 13.8 Å². The molecular formula is C20H17N5O. The average Bonchev–Trinajstić information content (AvgIpc) is 2.98. The number of hydrogen-bond acceptors (Lipinski definition) is 4. The lowest BCUT2D eigenvalue weighted by Gasteiger charge is -2.07. The second kappa shape index (κ2) is 6.40. The lowest BCUT2D eigenvalue weighted by atomic mass is 10.1. The van der Waals surface area contributed by atoms with E-state index in [1.54, 1.807) is 18.5 Å². The van der Waals surface area contributed by atoms with Crippen LogP contribution >= 0.6 is 0 Å². The molecule has 26 heavy (non-hydrogen) atoms. The fourth-order valence-electron chi connectivity index (χ4n) is 2.97. The van der Waals surface area contributed by atoms with E-state index in [0.29, 0.717) is 11.4 Å². The minimum atomic E-state index is -0.197. The van der Waals surface area contributed by atoms with E-state index in [1.165, 1.54) is 0 Å². The number of aromatic nitrogens is 4. The third-order valence-corrected chi connectivity index (χ3v) is 4.25. The highest BCUT2D eigenvalue weighted by Gasteiger charge is 2.14. The van der Waals surface area contributed by atoms with Crippen molar-refractivity contribution in [1.82, 2.24) is 19.6 Å². The third-order valence-electron chi connectivity index (χ3n) is 4.25. The molecule has 3 heterocycles.